The van der Waals surface area contributed by atoms with Crippen molar-refractivity contribution in [3.05, 3.63) is 50.6 Å². The number of halogens is 2. The predicted octanol–water partition coefficient (Wildman–Crippen LogP) is 2.82. The van der Waals surface area contributed by atoms with Crippen LogP contribution in [-0.2, 0) is 23.4 Å². The van der Waals surface area contributed by atoms with Gasteiger partial charge in [0.05, 0.1) is 16.3 Å². The smallest absolute Gasteiger partial charge is 0.459 e. The van der Waals surface area contributed by atoms with Crippen LogP contribution < -0.4 is 21.0 Å². The van der Waals surface area contributed by atoms with E-state index in [2.05, 4.69) is 10.1 Å². The highest BCUT2D eigenvalue weighted by Gasteiger charge is 2.54. The van der Waals surface area contributed by atoms with Crippen molar-refractivity contribution >= 4 is 53.7 Å². The number of anilines is 1. The second kappa shape index (κ2) is 12.0. The van der Waals surface area contributed by atoms with Gasteiger partial charge in [0.25, 0.3) is 0 Å². The van der Waals surface area contributed by atoms with Crippen molar-refractivity contribution in [3.63, 3.8) is 0 Å². The van der Waals surface area contributed by atoms with E-state index in [1.165, 1.54) is 20.0 Å². The first-order valence-electron chi connectivity index (χ1n) is 11.3. The number of hydrogen-bond donors (Lipinski definition) is 3. The molecule has 1 fully saturated rings. The maximum absolute atomic E-state index is 13.7. The maximum atomic E-state index is 13.7. The van der Waals surface area contributed by atoms with Gasteiger partial charge in [-0.05, 0) is 62.4 Å². The van der Waals surface area contributed by atoms with Gasteiger partial charge in [0, 0.05) is 6.20 Å². The number of ether oxygens (including phenoxy) is 2. The Labute approximate surface area is 232 Å². The average molecular weight is 671 g/mol. The summed E-state index contributed by atoms with van der Waals surface area (Å²) in [7, 11) is -4.21. The summed E-state index contributed by atoms with van der Waals surface area (Å²) < 4.78 is 37.5. The van der Waals surface area contributed by atoms with Crippen LogP contribution in [-0.4, -0.2) is 56.5 Å². The fourth-order valence-corrected chi connectivity index (χ4v) is 5.70. The molecule has 1 aliphatic heterocycles. The lowest BCUT2D eigenvalue weighted by Gasteiger charge is -2.26. The topological polar surface area (TPSA) is 164 Å². The summed E-state index contributed by atoms with van der Waals surface area (Å²) in [6.07, 6.45) is -2.59. The molecule has 4 N–H and O–H groups in total. The number of nitrogen functional groups attached to an aromatic ring is 1. The molecule has 0 radical (unpaired) electrons. The minimum absolute atomic E-state index is 0.0479. The lowest BCUT2D eigenvalue weighted by atomic mass is 10.0. The van der Waals surface area contributed by atoms with E-state index in [0.29, 0.717) is 3.57 Å². The highest BCUT2D eigenvalue weighted by molar-refractivity contribution is 14.1. The number of aliphatic hydroxyl groups excluding tert-OH is 1. The van der Waals surface area contributed by atoms with Crippen molar-refractivity contribution in [1.82, 2.24) is 14.6 Å². The van der Waals surface area contributed by atoms with Gasteiger partial charge in [0.1, 0.15) is 34.7 Å². The van der Waals surface area contributed by atoms with Crippen LogP contribution >= 0.6 is 41.9 Å². The van der Waals surface area contributed by atoms with E-state index in [1.54, 1.807) is 44.2 Å². The molecule has 1 aromatic carbocycles. The summed E-state index contributed by atoms with van der Waals surface area (Å²) in [6.45, 7) is 5.84. The fraction of sp³-hybridized carbons (Fsp3) is 0.500. The molecular formula is C22H29ClIN4O8P. The first-order chi connectivity index (χ1) is 17.2. The molecule has 2 aromatic rings. The molecule has 0 saturated carbocycles. The van der Waals surface area contributed by atoms with E-state index in [0.717, 1.165) is 4.57 Å². The normalized spacial score (nSPS) is 26.0. The zero-order chi connectivity index (χ0) is 27.5. The van der Waals surface area contributed by atoms with Crippen LogP contribution in [0.2, 0.25) is 0 Å². The summed E-state index contributed by atoms with van der Waals surface area (Å²) in [4.78, 5) is 27.0. The highest BCUT2D eigenvalue weighted by atomic mass is 127. The Morgan fingerprint density at radius 2 is 2.03 bits per heavy atom. The van der Waals surface area contributed by atoms with Gasteiger partial charge in [0.15, 0.2) is 6.23 Å². The second-order valence-electron chi connectivity index (χ2n) is 8.82. The number of carbonyl (C=O) groups excluding carboxylic acids is 1. The zero-order valence-electron chi connectivity index (χ0n) is 20.5. The molecule has 204 valence electrons. The molecule has 0 unspecified atom stereocenters. The predicted molar refractivity (Wildman–Crippen MR) is 144 cm³/mol. The third-order valence-corrected chi connectivity index (χ3v) is 8.22. The number of para-hydroxylation sites is 1. The summed E-state index contributed by atoms with van der Waals surface area (Å²) in [5.74, 6) is -0.401. The van der Waals surface area contributed by atoms with Crippen molar-refractivity contribution in [2.75, 3.05) is 12.3 Å². The van der Waals surface area contributed by atoms with Crippen molar-refractivity contribution in [2.45, 2.75) is 63.2 Å². The first kappa shape index (κ1) is 29.8. The number of aromatic nitrogens is 2. The number of benzene rings is 1. The Hall–Kier alpha value is -1.74. The van der Waals surface area contributed by atoms with Gasteiger partial charge in [-0.3, -0.25) is 13.9 Å². The monoisotopic (exact) mass is 670 g/mol. The van der Waals surface area contributed by atoms with Gasteiger partial charge in [-0.1, -0.05) is 18.2 Å². The number of nitrogens with zero attached hydrogens (tertiary/aromatic N) is 2. The Bertz CT molecular complexity index is 1210. The minimum atomic E-state index is -4.21. The van der Waals surface area contributed by atoms with Crippen molar-refractivity contribution < 1.29 is 33.0 Å². The molecule has 0 amide bonds. The van der Waals surface area contributed by atoms with Crippen molar-refractivity contribution in [2.24, 2.45) is 0 Å². The number of nitrogens with one attached hydrogen (secondary N) is 1. The first-order valence-corrected chi connectivity index (χ1v) is 14.3. The van der Waals surface area contributed by atoms with Gasteiger partial charge in [-0.25, -0.2) is 9.36 Å². The van der Waals surface area contributed by atoms with E-state index in [9.17, 15) is 19.3 Å². The van der Waals surface area contributed by atoms with Gasteiger partial charge >= 0.3 is 19.4 Å². The van der Waals surface area contributed by atoms with E-state index in [4.69, 9.17) is 35.9 Å². The standard InChI is InChI=1S/C22H29ClIN4O8P/c1-12(2)34-19(30)13(3)27-37(32,36-14-8-6-5-7-9-14)33-11-16-17(29)22(4,23)20(35-16)28-10-15(24)18(25)26-21(28)31/h5-10,12-13,16-17,20,29H,11H2,1-4H3,(H,27,32)(H2,25,26,31)/t13-,16-,17-,20-,22-,37-/m1/s1. The molecule has 0 bridgehead atoms. The molecule has 12 nitrogen and oxygen atoms in total. The van der Waals surface area contributed by atoms with E-state index in [1.807, 2.05) is 22.6 Å². The van der Waals surface area contributed by atoms with Crippen molar-refractivity contribution in [3.8, 4) is 5.75 Å². The van der Waals surface area contributed by atoms with Gasteiger partial charge in [0.2, 0.25) is 0 Å². The number of hydrogen-bond acceptors (Lipinski definition) is 10. The summed E-state index contributed by atoms with van der Waals surface area (Å²) in [5.41, 5.74) is 4.98. The largest absolute Gasteiger partial charge is 0.462 e. The molecule has 3 rings (SSSR count). The van der Waals surface area contributed by atoms with E-state index >= 15 is 0 Å². The summed E-state index contributed by atoms with van der Waals surface area (Å²) >= 11 is 8.51. The van der Waals surface area contributed by atoms with Crippen LogP contribution in [0, 0.1) is 3.57 Å². The molecule has 0 spiro atoms. The number of alkyl halides is 1. The summed E-state index contributed by atoms with van der Waals surface area (Å²) in [5, 5.41) is 13.5. The molecule has 1 aromatic heterocycles. The molecule has 37 heavy (non-hydrogen) atoms. The molecule has 1 saturated heterocycles. The molecule has 0 aliphatic carbocycles. The fourth-order valence-electron chi connectivity index (χ4n) is 3.48. The maximum Gasteiger partial charge on any atom is 0.459 e. The number of nitrogens with two attached hydrogens (primary N) is 1. The van der Waals surface area contributed by atoms with Crippen LogP contribution in [0.3, 0.4) is 0 Å². The molecular weight excluding hydrogens is 642 g/mol. The van der Waals surface area contributed by atoms with Crippen LogP contribution in [0.1, 0.15) is 33.9 Å². The quantitative estimate of drug-likeness (QED) is 0.147. The van der Waals surface area contributed by atoms with Gasteiger partial charge in [-0.15, -0.1) is 11.6 Å². The summed E-state index contributed by atoms with van der Waals surface area (Å²) in [6, 6.07) is 7.15. The number of aliphatic hydroxyl groups is 1. The molecule has 6 atom stereocenters. The number of esters is 1. The zero-order valence-corrected chi connectivity index (χ0v) is 24.3. The highest BCUT2D eigenvalue weighted by Crippen LogP contribution is 2.48. The van der Waals surface area contributed by atoms with Gasteiger partial charge in [-0.2, -0.15) is 10.1 Å². The molecule has 1 aliphatic rings. The lowest BCUT2D eigenvalue weighted by Crippen LogP contribution is -2.42. The van der Waals surface area contributed by atoms with Crippen molar-refractivity contribution in [1.29, 1.82) is 0 Å². The number of rotatable bonds is 10. The van der Waals surface area contributed by atoms with E-state index in [-0.39, 0.29) is 17.7 Å². The van der Waals surface area contributed by atoms with Gasteiger partial charge < -0.3 is 24.8 Å². The van der Waals surface area contributed by atoms with Crippen LogP contribution in [0.4, 0.5) is 5.82 Å². The Morgan fingerprint density at radius 1 is 1.38 bits per heavy atom. The Balaban J connectivity index is 1.81. The second-order valence-corrected chi connectivity index (χ2v) is 12.5. The Morgan fingerprint density at radius 3 is 2.65 bits per heavy atom. The van der Waals surface area contributed by atoms with Crippen LogP contribution in [0.15, 0.2) is 41.3 Å². The van der Waals surface area contributed by atoms with E-state index < -0.39 is 55.4 Å². The lowest BCUT2D eigenvalue weighted by molar-refractivity contribution is -0.149. The minimum Gasteiger partial charge on any atom is -0.462 e. The third kappa shape index (κ3) is 7.22. The molecule has 15 heteroatoms. The van der Waals surface area contributed by atoms with Crippen LogP contribution in [0.5, 0.6) is 5.75 Å². The Kier molecular flexibility index (Phi) is 9.65. The SMILES string of the molecule is CC(C)OC(=O)[C@@H](C)N[P@@](=O)(OC[C@H]1O[C@@H](n2cc(I)c(N)nc2=O)[C@](C)(Cl)[C@@H]1O)Oc1ccccc1. The number of carbonyl (C=O) groups is 1. The van der Waals surface area contributed by atoms with Crippen LogP contribution in [0.25, 0.3) is 0 Å². The third-order valence-electron chi connectivity index (χ3n) is 5.34. The molecule has 2 heterocycles. The average Bonchev–Trinajstić information content (AvgIpc) is 3.03.